The van der Waals surface area contributed by atoms with Crippen molar-refractivity contribution in [1.29, 1.82) is 0 Å². The van der Waals surface area contributed by atoms with Gasteiger partial charge < -0.3 is 20.6 Å². The highest BCUT2D eigenvalue weighted by molar-refractivity contribution is 8.00. The summed E-state index contributed by atoms with van der Waals surface area (Å²) in [5.74, 6) is -2.87. The second-order valence-electron chi connectivity index (χ2n) is 8.35. The Morgan fingerprint density at radius 1 is 1.33 bits per heavy atom. The molecule has 0 saturated carbocycles. The van der Waals surface area contributed by atoms with E-state index >= 15 is 0 Å². The van der Waals surface area contributed by atoms with E-state index in [-0.39, 0.29) is 28.1 Å². The Kier molecular flexibility index (Phi) is 7.54. The molecule has 1 saturated heterocycles. The third kappa shape index (κ3) is 5.07. The van der Waals surface area contributed by atoms with Crippen LogP contribution in [0.5, 0.6) is 0 Å². The number of aliphatic carboxylic acids is 1. The SMILES string of the molecule is CO/N=C(\C(=O)N[C@@H]1C(=O)N2C(C(=O)O)=C(C[n+]3ccn4ccccc43)CS[C@H]12)c1csc(NC(=O)CCl)n1. The van der Waals surface area contributed by atoms with E-state index in [4.69, 9.17) is 16.4 Å². The molecule has 13 nitrogen and oxygen atoms in total. The summed E-state index contributed by atoms with van der Waals surface area (Å²) in [4.78, 5) is 60.2. The number of halogens is 1. The monoisotopic (exact) mass is 590 g/mol. The summed E-state index contributed by atoms with van der Waals surface area (Å²) in [6.07, 6.45) is 5.60. The molecule has 39 heavy (non-hydrogen) atoms. The van der Waals surface area contributed by atoms with Crippen LogP contribution in [0.3, 0.4) is 0 Å². The molecular weight excluding hydrogens is 570 g/mol. The molecule has 0 aromatic carbocycles. The van der Waals surface area contributed by atoms with Gasteiger partial charge in [-0.1, -0.05) is 11.2 Å². The van der Waals surface area contributed by atoms with Crippen molar-refractivity contribution in [3.8, 4) is 0 Å². The minimum atomic E-state index is -1.21. The standard InChI is InChI=1S/C23H20ClN7O6S2/c1-37-28-16(13-11-39-23(25-13)26-14(32)8-24)19(33)27-17-20(34)31-18(22(35)36)12(10-38-21(17)31)9-30-7-6-29-5-3-2-4-15(29)30/h2-7,11,17,21H,8-10H2,1H3,(H2-,25,26,27,32,33,35,36)/p+1/b28-16-/t17-,21-/m1/s1. The molecule has 5 rings (SSSR count). The van der Waals surface area contributed by atoms with Gasteiger partial charge in [-0.25, -0.2) is 18.7 Å². The number of amides is 3. The predicted molar refractivity (Wildman–Crippen MR) is 142 cm³/mol. The number of β-lactam (4-membered cyclic amide) rings is 1. The second-order valence-corrected chi connectivity index (χ2v) is 10.6. The first-order chi connectivity index (χ1) is 18.8. The van der Waals surface area contributed by atoms with Crippen LogP contribution in [0.4, 0.5) is 5.13 Å². The van der Waals surface area contributed by atoms with E-state index in [2.05, 4.69) is 20.8 Å². The Bertz CT molecular complexity index is 1550. The molecule has 3 N–H and O–H groups in total. The van der Waals surface area contributed by atoms with Crippen molar-refractivity contribution in [3.63, 3.8) is 0 Å². The summed E-state index contributed by atoms with van der Waals surface area (Å²) < 4.78 is 3.82. The molecule has 0 bridgehead atoms. The molecule has 0 unspecified atom stereocenters. The van der Waals surface area contributed by atoms with Crippen molar-refractivity contribution < 1.29 is 33.7 Å². The third-order valence-corrected chi connectivity index (χ3v) is 8.32. The number of thioether (sulfide) groups is 1. The fourth-order valence-corrected chi connectivity index (χ4v) is 6.40. The third-order valence-electron chi connectivity index (χ3n) is 5.98. The lowest BCUT2D eigenvalue weighted by atomic mass is 10.0. The van der Waals surface area contributed by atoms with E-state index in [0.717, 1.165) is 17.0 Å². The van der Waals surface area contributed by atoms with Crippen molar-refractivity contribution in [1.82, 2.24) is 19.6 Å². The van der Waals surface area contributed by atoms with Crippen LogP contribution in [0.25, 0.3) is 5.65 Å². The molecule has 2 atom stereocenters. The van der Waals surface area contributed by atoms with E-state index in [1.54, 1.807) is 0 Å². The topological polar surface area (TPSA) is 159 Å². The zero-order valence-electron chi connectivity index (χ0n) is 20.2. The summed E-state index contributed by atoms with van der Waals surface area (Å²) in [6.45, 7) is 0.291. The van der Waals surface area contributed by atoms with Crippen molar-refractivity contribution in [2.24, 2.45) is 5.16 Å². The van der Waals surface area contributed by atoms with Gasteiger partial charge in [0.1, 0.15) is 54.7 Å². The van der Waals surface area contributed by atoms with E-state index in [9.17, 15) is 24.3 Å². The molecule has 16 heteroatoms. The fraction of sp³-hybridized carbons (Fsp3) is 0.261. The van der Waals surface area contributed by atoms with Crippen molar-refractivity contribution in [3.05, 3.63) is 59.1 Å². The van der Waals surface area contributed by atoms with Crippen LogP contribution in [-0.2, 0) is 30.6 Å². The van der Waals surface area contributed by atoms with Gasteiger partial charge in [-0.05, 0) is 6.07 Å². The van der Waals surface area contributed by atoms with Gasteiger partial charge in [0, 0.05) is 22.8 Å². The van der Waals surface area contributed by atoms with Gasteiger partial charge in [0.25, 0.3) is 17.5 Å². The number of rotatable bonds is 9. The minimum Gasteiger partial charge on any atom is -0.477 e. The Hall–Kier alpha value is -3.95. The number of nitrogens with one attached hydrogen (secondary N) is 2. The maximum Gasteiger partial charge on any atom is 0.352 e. The number of carboxylic acids is 1. The van der Waals surface area contributed by atoms with Crippen LogP contribution >= 0.6 is 34.7 Å². The first-order valence-corrected chi connectivity index (χ1v) is 13.9. The van der Waals surface area contributed by atoms with Crippen LogP contribution in [0, 0.1) is 0 Å². The van der Waals surface area contributed by atoms with Crippen LogP contribution in [-0.4, -0.2) is 79.0 Å². The van der Waals surface area contributed by atoms with Crippen molar-refractivity contribution in [2.45, 2.75) is 18.0 Å². The maximum absolute atomic E-state index is 13.1. The Morgan fingerprint density at radius 3 is 2.90 bits per heavy atom. The Balaban J connectivity index is 1.33. The summed E-state index contributed by atoms with van der Waals surface area (Å²) in [5, 5.41) is 19.9. The molecule has 0 radical (unpaired) electrons. The van der Waals surface area contributed by atoms with Crippen LogP contribution in [0.2, 0.25) is 0 Å². The normalized spacial score (nSPS) is 19.0. The molecule has 2 aliphatic heterocycles. The lowest BCUT2D eigenvalue weighted by Crippen LogP contribution is -2.71. The lowest BCUT2D eigenvalue weighted by molar-refractivity contribution is -0.662. The molecule has 202 valence electrons. The molecule has 0 spiro atoms. The molecule has 2 aliphatic rings. The average molecular weight is 591 g/mol. The number of anilines is 1. The quantitative estimate of drug-likeness (QED) is 0.108. The highest BCUT2D eigenvalue weighted by atomic mass is 35.5. The number of hydrogen-bond donors (Lipinski definition) is 3. The van der Waals surface area contributed by atoms with E-state index in [0.29, 0.717) is 17.9 Å². The number of pyridine rings is 1. The zero-order chi connectivity index (χ0) is 27.7. The van der Waals surface area contributed by atoms with Gasteiger partial charge in [-0.2, -0.15) is 0 Å². The van der Waals surface area contributed by atoms with Gasteiger partial charge in [-0.3, -0.25) is 19.3 Å². The van der Waals surface area contributed by atoms with E-state index in [1.165, 1.54) is 29.2 Å². The van der Waals surface area contributed by atoms with Gasteiger partial charge in [-0.15, -0.1) is 34.7 Å². The average Bonchev–Trinajstić information content (AvgIpc) is 3.56. The molecule has 3 amide bonds. The minimum absolute atomic E-state index is 0.0815. The maximum atomic E-state index is 13.1. The number of imidazole rings is 1. The molecule has 0 aliphatic carbocycles. The predicted octanol–water partition coefficient (Wildman–Crippen LogP) is 0.650. The largest absolute Gasteiger partial charge is 0.477 e. The van der Waals surface area contributed by atoms with Gasteiger partial charge in [0.15, 0.2) is 10.8 Å². The summed E-state index contributed by atoms with van der Waals surface area (Å²) in [6, 6.07) is 4.72. The number of carbonyl (C=O) groups excluding carboxylic acids is 3. The number of carboxylic acid groups (broad SMARTS) is 1. The van der Waals surface area contributed by atoms with E-state index < -0.39 is 35.1 Å². The number of aromatic nitrogens is 3. The highest BCUT2D eigenvalue weighted by Crippen LogP contribution is 2.40. The molecule has 1 fully saturated rings. The first kappa shape index (κ1) is 26.6. The molecule has 3 aromatic rings. The molecular formula is C23H21ClN7O6S2+. The fourth-order valence-electron chi connectivity index (χ4n) is 4.29. The molecule has 3 aromatic heterocycles. The van der Waals surface area contributed by atoms with Crippen LogP contribution < -0.4 is 15.2 Å². The van der Waals surface area contributed by atoms with Gasteiger partial charge >= 0.3 is 5.97 Å². The number of fused-ring (bicyclic) bond motifs is 2. The van der Waals surface area contributed by atoms with Crippen LogP contribution in [0.1, 0.15) is 5.69 Å². The second kappa shape index (κ2) is 11.0. The van der Waals surface area contributed by atoms with Crippen molar-refractivity contribution in [2.75, 3.05) is 24.1 Å². The lowest BCUT2D eigenvalue weighted by Gasteiger charge is -2.49. The van der Waals surface area contributed by atoms with E-state index in [1.807, 2.05) is 45.8 Å². The number of oxime groups is 1. The smallest absolute Gasteiger partial charge is 0.352 e. The Morgan fingerprint density at radius 2 is 2.15 bits per heavy atom. The number of nitrogens with zero attached hydrogens (tertiary/aromatic N) is 5. The zero-order valence-corrected chi connectivity index (χ0v) is 22.6. The number of thiazole rings is 1. The Labute approximate surface area is 234 Å². The molecule has 5 heterocycles. The van der Waals surface area contributed by atoms with Gasteiger partial charge in [0.2, 0.25) is 5.91 Å². The first-order valence-electron chi connectivity index (χ1n) is 11.4. The van der Waals surface area contributed by atoms with Crippen LogP contribution in [0.15, 0.2) is 58.6 Å². The van der Waals surface area contributed by atoms with Crippen molar-refractivity contribution >= 4 is 74.9 Å². The number of alkyl halides is 1. The summed E-state index contributed by atoms with van der Waals surface area (Å²) >= 11 is 7.91. The summed E-state index contributed by atoms with van der Waals surface area (Å²) in [7, 11) is 1.25. The summed E-state index contributed by atoms with van der Waals surface area (Å²) in [5.41, 5.74) is 1.29. The number of hydrogen-bond acceptors (Lipinski definition) is 9. The highest BCUT2D eigenvalue weighted by Gasteiger charge is 2.54. The van der Waals surface area contributed by atoms with Gasteiger partial charge in [0.05, 0.1) is 6.20 Å². The number of carbonyl (C=O) groups is 4.